The number of amides is 2. The first-order valence-electron chi connectivity index (χ1n) is 8.34. The molecule has 0 spiro atoms. The van der Waals surface area contributed by atoms with Gasteiger partial charge in [-0.25, -0.2) is 4.79 Å². The third-order valence-electron chi connectivity index (χ3n) is 4.44. The van der Waals surface area contributed by atoms with Crippen LogP contribution in [-0.4, -0.2) is 67.8 Å². The normalized spacial score (nSPS) is 20.4. The van der Waals surface area contributed by atoms with Crippen molar-refractivity contribution in [2.45, 2.75) is 13.0 Å². The van der Waals surface area contributed by atoms with Crippen molar-refractivity contribution in [1.29, 1.82) is 0 Å². The van der Waals surface area contributed by atoms with E-state index in [1.54, 1.807) is 16.7 Å². The summed E-state index contributed by atoms with van der Waals surface area (Å²) in [6, 6.07) is 7.88. The van der Waals surface area contributed by atoms with E-state index in [-0.39, 0.29) is 12.2 Å². The second kappa shape index (κ2) is 7.69. The molecule has 1 N–H and O–H groups in total. The van der Waals surface area contributed by atoms with Crippen molar-refractivity contribution in [1.82, 2.24) is 10.2 Å². The summed E-state index contributed by atoms with van der Waals surface area (Å²) in [6.07, 6.45) is 0.360. The highest BCUT2D eigenvalue weighted by Crippen LogP contribution is 2.25. The van der Waals surface area contributed by atoms with Crippen LogP contribution in [0.4, 0.5) is 16.2 Å². The van der Waals surface area contributed by atoms with Gasteiger partial charge in [0.2, 0.25) is 6.41 Å². The zero-order chi connectivity index (χ0) is 17.8. The molecule has 0 aliphatic carbocycles. The summed E-state index contributed by atoms with van der Waals surface area (Å²) in [5.74, 6) is 0. The van der Waals surface area contributed by atoms with Gasteiger partial charge in [-0.15, -0.1) is 0 Å². The van der Waals surface area contributed by atoms with Gasteiger partial charge in [0.25, 0.3) is 0 Å². The highest BCUT2D eigenvalue weighted by atomic mass is 32.1. The van der Waals surface area contributed by atoms with Gasteiger partial charge in [0, 0.05) is 37.6 Å². The fourth-order valence-corrected chi connectivity index (χ4v) is 3.11. The number of nitrogens with zero attached hydrogens (tertiary/aromatic N) is 3. The van der Waals surface area contributed by atoms with Crippen LogP contribution in [0.3, 0.4) is 0 Å². The summed E-state index contributed by atoms with van der Waals surface area (Å²) in [6.45, 7) is 5.93. The molecule has 3 rings (SSSR count). The minimum Gasteiger partial charge on any atom is -0.442 e. The molecule has 1 atom stereocenters. The Hall–Kier alpha value is -2.35. The third kappa shape index (κ3) is 4.19. The standard InChI is InChI=1S/C17H22N4O3S/c1-13(25)18-10-16-11-21(17(23)24-16)15-4-2-14(3-5-15)20-8-6-19(12-22)7-9-20/h2-5,12,16H,6-11H2,1H3,(H,18,25). The van der Waals surface area contributed by atoms with Crippen LogP contribution in [0.1, 0.15) is 6.92 Å². The average Bonchev–Trinajstić information content (AvgIpc) is 3.01. The van der Waals surface area contributed by atoms with Crippen molar-refractivity contribution >= 4 is 41.1 Å². The Balaban J connectivity index is 1.60. The molecular formula is C17H22N4O3S. The topological polar surface area (TPSA) is 65.1 Å². The van der Waals surface area contributed by atoms with Gasteiger partial charge in [0.15, 0.2) is 0 Å². The number of thiocarbonyl (C=S) groups is 1. The summed E-state index contributed by atoms with van der Waals surface area (Å²) >= 11 is 4.98. The van der Waals surface area contributed by atoms with Gasteiger partial charge in [-0.2, -0.15) is 0 Å². The van der Waals surface area contributed by atoms with E-state index < -0.39 is 0 Å². The van der Waals surface area contributed by atoms with Crippen LogP contribution in [0, 0.1) is 0 Å². The first kappa shape index (κ1) is 17.5. The van der Waals surface area contributed by atoms with Gasteiger partial charge in [-0.3, -0.25) is 9.69 Å². The van der Waals surface area contributed by atoms with Crippen molar-refractivity contribution in [3.8, 4) is 0 Å². The molecule has 0 aromatic heterocycles. The van der Waals surface area contributed by atoms with Crippen LogP contribution in [-0.2, 0) is 9.53 Å². The molecule has 1 unspecified atom stereocenters. The van der Waals surface area contributed by atoms with Crippen molar-refractivity contribution in [3.63, 3.8) is 0 Å². The second-order valence-corrected chi connectivity index (χ2v) is 6.81. The van der Waals surface area contributed by atoms with Crippen LogP contribution in [0.5, 0.6) is 0 Å². The molecule has 2 fully saturated rings. The molecule has 7 nitrogen and oxygen atoms in total. The summed E-state index contributed by atoms with van der Waals surface area (Å²) in [5, 5.41) is 3.03. The predicted octanol–water partition coefficient (Wildman–Crippen LogP) is 1.23. The van der Waals surface area contributed by atoms with Gasteiger partial charge in [-0.05, 0) is 31.2 Å². The largest absolute Gasteiger partial charge is 0.442 e. The maximum Gasteiger partial charge on any atom is 0.414 e. The molecule has 2 amide bonds. The summed E-state index contributed by atoms with van der Waals surface area (Å²) < 4.78 is 5.37. The van der Waals surface area contributed by atoms with Gasteiger partial charge in [0.1, 0.15) is 6.10 Å². The number of anilines is 2. The van der Waals surface area contributed by atoms with Crippen LogP contribution in [0.25, 0.3) is 0 Å². The Labute approximate surface area is 152 Å². The Kier molecular flexibility index (Phi) is 5.37. The van der Waals surface area contributed by atoms with Gasteiger partial charge < -0.3 is 19.9 Å². The zero-order valence-electron chi connectivity index (χ0n) is 14.2. The molecule has 2 heterocycles. The second-order valence-electron chi connectivity index (χ2n) is 6.20. The number of rotatable bonds is 5. The van der Waals surface area contributed by atoms with E-state index in [4.69, 9.17) is 17.0 Å². The Morgan fingerprint density at radius 3 is 2.48 bits per heavy atom. The van der Waals surface area contributed by atoms with Gasteiger partial charge in [-0.1, -0.05) is 12.2 Å². The number of carbonyl (C=O) groups is 2. The third-order valence-corrected chi connectivity index (χ3v) is 4.59. The quantitative estimate of drug-likeness (QED) is 0.628. The van der Waals surface area contributed by atoms with E-state index in [9.17, 15) is 9.59 Å². The van der Waals surface area contributed by atoms with Gasteiger partial charge in [0.05, 0.1) is 18.1 Å². The maximum absolute atomic E-state index is 12.1. The molecular weight excluding hydrogens is 340 g/mol. The molecule has 134 valence electrons. The molecule has 2 saturated heterocycles. The Bertz CT molecular complexity index is 644. The fraction of sp³-hybridized carbons (Fsp3) is 0.471. The Morgan fingerprint density at radius 2 is 1.88 bits per heavy atom. The predicted molar refractivity (Wildman–Crippen MR) is 100 cm³/mol. The molecule has 0 radical (unpaired) electrons. The number of hydrogen-bond acceptors (Lipinski definition) is 5. The molecule has 25 heavy (non-hydrogen) atoms. The number of nitrogens with one attached hydrogen (secondary N) is 1. The smallest absolute Gasteiger partial charge is 0.414 e. The lowest BCUT2D eigenvalue weighted by molar-refractivity contribution is -0.118. The number of carbonyl (C=O) groups excluding carboxylic acids is 2. The zero-order valence-corrected chi connectivity index (χ0v) is 15.0. The summed E-state index contributed by atoms with van der Waals surface area (Å²) in [4.78, 5) is 29.2. The molecule has 2 aliphatic rings. The molecule has 8 heteroatoms. The van der Waals surface area contributed by atoms with Crippen LogP contribution in [0.15, 0.2) is 24.3 Å². The molecule has 1 aromatic rings. The lowest BCUT2D eigenvalue weighted by Gasteiger charge is -2.34. The lowest BCUT2D eigenvalue weighted by atomic mass is 10.2. The highest BCUT2D eigenvalue weighted by molar-refractivity contribution is 7.80. The Morgan fingerprint density at radius 1 is 1.24 bits per heavy atom. The van der Waals surface area contributed by atoms with E-state index in [0.717, 1.165) is 44.0 Å². The highest BCUT2D eigenvalue weighted by Gasteiger charge is 2.32. The number of hydrogen-bond donors (Lipinski definition) is 1. The number of benzene rings is 1. The SMILES string of the molecule is CC(=S)NCC1CN(c2ccc(N3CCN(C=O)CC3)cc2)C(=O)O1. The molecule has 0 saturated carbocycles. The number of piperazine rings is 1. The van der Waals surface area contributed by atoms with Crippen LogP contribution < -0.4 is 15.1 Å². The van der Waals surface area contributed by atoms with E-state index in [1.165, 1.54) is 0 Å². The maximum atomic E-state index is 12.1. The van der Waals surface area contributed by atoms with Crippen molar-refractivity contribution < 1.29 is 14.3 Å². The number of ether oxygens (including phenoxy) is 1. The van der Waals surface area contributed by atoms with E-state index in [2.05, 4.69) is 10.2 Å². The molecule has 1 aromatic carbocycles. The van der Waals surface area contributed by atoms with Crippen molar-refractivity contribution in [3.05, 3.63) is 24.3 Å². The first-order valence-corrected chi connectivity index (χ1v) is 8.74. The summed E-state index contributed by atoms with van der Waals surface area (Å²) in [7, 11) is 0. The van der Waals surface area contributed by atoms with Crippen LogP contribution >= 0.6 is 12.2 Å². The average molecular weight is 362 g/mol. The minimum atomic E-state index is -0.332. The van der Waals surface area contributed by atoms with Crippen molar-refractivity contribution in [2.24, 2.45) is 0 Å². The monoisotopic (exact) mass is 362 g/mol. The number of cyclic esters (lactones) is 1. The van der Waals surface area contributed by atoms with E-state index >= 15 is 0 Å². The fourth-order valence-electron chi connectivity index (χ4n) is 3.03. The van der Waals surface area contributed by atoms with Crippen LogP contribution in [0.2, 0.25) is 0 Å². The molecule has 2 aliphatic heterocycles. The van der Waals surface area contributed by atoms with Gasteiger partial charge >= 0.3 is 6.09 Å². The van der Waals surface area contributed by atoms with Crippen molar-refractivity contribution in [2.75, 3.05) is 49.1 Å². The first-order chi connectivity index (χ1) is 12.1. The van der Waals surface area contributed by atoms with E-state index in [1.807, 2.05) is 24.3 Å². The minimum absolute atomic E-state index is 0.207. The summed E-state index contributed by atoms with van der Waals surface area (Å²) in [5.41, 5.74) is 1.92. The van der Waals surface area contributed by atoms with E-state index in [0.29, 0.717) is 18.1 Å². The molecule has 0 bridgehead atoms. The lowest BCUT2D eigenvalue weighted by Crippen LogP contribution is -2.45.